The van der Waals surface area contributed by atoms with E-state index < -0.39 is 5.97 Å². The van der Waals surface area contributed by atoms with E-state index in [4.69, 9.17) is 5.11 Å². The molecule has 1 saturated heterocycles. The van der Waals surface area contributed by atoms with Gasteiger partial charge in [0, 0.05) is 0 Å². The molecular weight excluding hydrogens is 134 g/mol. The summed E-state index contributed by atoms with van der Waals surface area (Å²) in [6, 6.07) is -0.156. The molecule has 0 amide bonds. The van der Waals surface area contributed by atoms with Crippen LogP contribution in [0.4, 0.5) is 0 Å². The normalized spacial score (nSPS) is 29.1. The number of nitrogens with zero attached hydrogens (tertiary/aromatic N) is 1. The fourth-order valence-electron chi connectivity index (χ4n) is 1.22. The van der Waals surface area contributed by atoms with Crippen LogP contribution in [0.1, 0.15) is 12.8 Å². The van der Waals surface area contributed by atoms with Gasteiger partial charge in [0.25, 0.3) is 0 Å². The van der Waals surface area contributed by atoms with Gasteiger partial charge in [-0.15, -0.1) is 0 Å². The molecule has 0 aromatic carbocycles. The summed E-state index contributed by atoms with van der Waals surface area (Å²) in [5.74, 6) is -0.650. The van der Waals surface area contributed by atoms with Gasteiger partial charge in [0.05, 0.1) is 10.4 Å². The van der Waals surface area contributed by atoms with Crippen LogP contribution in [-0.4, -0.2) is 38.6 Å². The Morgan fingerprint density at radius 2 is 2.44 bits per heavy atom. The molecule has 1 aliphatic rings. The van der Waals surface area contributed by atoms with Crippen molar-refractivity contribution >= 4 is 16.4 Å². The molecule has 1 unspecified atom stereocenters. The second-order valence-electron chi connectivity index (χ2n) is 2.48. The van der Waals surface area contributed by atoms with E-state index in [2.05, 4.69) is 0 Å². The predicted molar refractivity (Wildman–Crippen MR) is 37.3 cm³/mol. The molecule has 0 radical (unpaired) electrons. The number of carboxylic acids is 1. The molecule has 1 aliphatic heterocycles. The summed E-state index contributed by atoms with van der Waals surface area (Å²) in [5, 5.41) is 8.56. The Morgan fingerprint density at radius 1 is 1.78 bits per heavy atom. The van der Waals surface area contributed by atoms with E-state index in [9.17, 15) is 4.79 Å². The average molecular weight is 145 g/mol. The van der Waals surface area contributed by atoms with Crippen molar-refractivity contribution in [3.05, 3.63) is 0 Å². The van der Waals surface area contributed by atoms with Gasteiger partial charge in [0.2, 0.25) is 0 Å². The molecule has 0 aromatic heterocycles. The fraction of sp³-hybridized carbons (Fsp3) is 0.800. The maximum absolute atomic E-state index is 10.4. The van der Waals surface area contributed by atoms with Crippen LogP contribution >= 0.6 is 0 Å². The molecule has 0 spiro atoms. The van der Waals surface area contributed by atoms with Crippen LogP contribution in [0.2, 0.25) is 0 Å². The second kappa shape index (κ2) is 2.49. The van der Waals surface area contributed by atoms with Crippen LogP contribution in [0.5, 0.6) is 0 Å². The van der Waals surface area contributed by atoms with E-state index in [-0.39, 0.29) is 6.04 Å². The van der Waals surface area contributed by atoms with Crippen LogP contribution in [0, 0.1) is 0 Å². The first kappa shape index (κ1) is 6.76. The van der Waals surface area contributed by atoms with Crippen molar-refractivity contribution in [3.63, 3.8) is 0 Å². The van der Waals surface area contributed by atoms with Crippen LogP contribution in [0.15, 0.2) is 0 Å². The third kappa shape index (κ3) is 1.31. The fourth-order valence-corrected chi connectivity index (χ4v) is 2.02. The summed E-state index contributed by atoms with van der Waals surface area (Å²) in [5.41, 5.74) is 0. The molecule has 3 nitrogen and oxygen atoms in total. The van der Waals surface area contributed by atoms with E-state index in [0.717, 1.165) is 29.8 Å². The molecule has 52 valence electrons. The highest BCUT2D eigenvalue weighted by Crippen LogP contribution is 2.13. The van der Waals surface area contributed by atoms with Gasteiger partial charge in [0.15, 0.2) is 0 Å². The summed E-state index contributed by atoms with van der Waals surface area (Å²) < 4.78 is 2.02. The van der Waals surface area contributed by atoms with Crippen molar-refractivity contribution in [1.29, 1.82) is 0 Å². The van der Waals surface area contributed by atoms with Crippen molar-refractivity contribution < 1.29 is 9.90 Å². The lowest BCUT2D eigenvalue weighted by Crippen LogP contribution is -2.33. The SMILES string of the molecule is O=C(O)C1CCCN1[SiH3]. The molecule has 0 saturated carbocycles. The topological polar surface area (TPSA) is 40.5 Å². The number of carboxylic acid groups (broad SMARTS) is 1. The standard InChI is InChI=1S/C5H11NO2Si/c7-5(8)4-2-1-3-6(4)9/h4H,1-3H2,9H3,(H,7,8). The van der Waals surface area contributed by atoms with Crippen LogP contribution in [-0.2, 0) is 4.79 Å². The Balaban J connectivity index is 2.49. The highest BCUT2D eigenvalue weighted by molar-refractivity contribution is 6.06. The minimum atomic E-state index is -0.650. The summed E-state index contributed by atoms with van der Waals surface area (Å²) in [4.78, 5) is 10.4. The summed E-state index contributed by atoms with van der Waals surface area (Å²) in [6.07, 6.45) is 1.90. The van der Waals surface area contributed by atoms with Crippen LogP contribution < -0.4 is 0 Å². The van der Waals surface area contributed by atoms with E-state index in [1.54, 1.807) is 0 Å². The van der Waals surface area contributed by atoms with Crippen molar-refractivity contribution in [2.75, 3.05) is 6.54 Å². The smallest absolute Gasteiger partial charge is 0.320 e. The zero-order valence-electron chi connectivity index (χ0n) is 5.50. The number of carbonyl (C=O) groups is 1. The lowest BCUT2D eigenvalue weighted by Gasteiger charge is -2.13. The maximum atomic E-state index is 10.4. The first-order valence-corrected chi connectivity index (χ1v) is 4.04. The van der Waals surface area contributed by atoms with Crippen LogP contribution in [0.3, 0.4) is 0 Å². The monoisotopic (exact) mass is 145 g/mol. The quantitative estimate of drug-likeness (QED) is 0.472. The first-order chi connectivity index (χ1) is 4.22. The van der Waals surface area contributed by atoms with Gasteiger partial charge >= 0.3 is 5.97 Å². The molecule has 0 aliphatic carbocycles. The third-order valence-electron chi connectivity index (χ3n) is 1.81. The van der Waals surface area contributed by atoms with E-state index in [1.165, 1.54) is 0 Å². The summed E-state index contributed by atoms with van der Waals surface area (Å²) in [7, 11) is 0.886. The molecule has 1 fully saturated rings. The van der Waals surface area contributed by atoms with Gasteiger partial charge in [-0.1, -0.05) is 0 Å². The molecule has 0 aromatic rings. The van der Waals surface area contributed by atoms with E-state index in [0.29, 0.717) is 0 Å². The number of hydrogen-bond acceptors (Lipinski definition) is 2. The number of rotatable bonds is 1. The molecule has 1 atom stereocenters. The molecule has 1 rings (SSSR count). The second-order valence-corrected chi connectivity index (χ2v) is 3.63. The summed E-state index contributed by atoms with van der Waals surface area (Å²) in [6.45, 7) is 0.989. The van der Waals surface area contributed by atoms with Crippen LogP contribution in [0.25, 0.3) is 0 Å². The molecule has 1 heterocycles. The van der Waals surface area contributed by atoms with Crippen molar-refractivity contribution in [3.8, 4) is 0 Å². The van der Waals surface area contributed by atoms with Gasteiger partial charge in [-0.25, -0.2) is 0 Å². The van der Waals surface area contributed by atoms with Crippen molar-refractivity contribution in [2.45, 2.75) is 18.9 Å². The van der Waals surface area contributed by atoms with Gasteiger partial charge in [0.1, 0.15) is 6.04 Å². The van der Waals surface area contributed by atoms with E-state index in [1.807, 2.05) is 4.57 Å². The molecule has 9 heavy (non-hydrogen) atoms. The first-order valence-electron chi connectivity index (χ1n) is 3.15. The number of aliphatic carboxylic acids is 1. The summed E-state index contributed by atoms with van der Waals surface area (Å²) >= 11 is 0. The lowest BCUT2D eigenvalue weighted by atomic mass is 10.2. The largest absolute Gasteiger partial charge is 0.480 e. The Hall–Kier alpha value is -0.353. The van der Waals surface area contributed by atoms with Gasteiger partial charge < -0.3 is 9.67 Å². The molecular formula is C5H11NO2Si. The zero-order valence-corrected chi connectivity index (χ0v) is 7.50. The Bertz CT molecular complexity index is 128. The zero-order chi connectivity index (χ0) is 6.85. The minimum absolute atomic E-state index is 0.156. The molecule has 4 heteroatoms. The highest BCUT2D eigenvalue weighted by Gasteiger charge is 2.26. The third-order valence-corrected chi connectivity index (χ3v) is 2.88. The maximum Gasteiger partial charge on any atom is 0.320 e. The lowest BCUT2D eigenvalue weighted by molar-refractivity contribution is -0.140. The Kier molecular flexibility index (Phi) is 1.87. The van der Waals surface area contributed by atoms with Gasteiger partial charge in [-0.3, -0.25) is 4.79 Å². The van der Waals surface area contributed by atoms with E-state index >= 15 is 0 Å². The Labute approximate surface area is 57.2 Å². The van der Waals surface area contributed by atoms with Gasteiger partial charge in [-0.05, 0) is 19.4 Å². The predicted octanol–water partition coefficient (Wildman–Crippen LogP) is -1.18. The van der Waals surface area contributed by atoms with Crippen molar-refractivity contribution in [2.24, 2.45) is 0 Å². The van der Waals surface area contributed by atoms with Crippen molar-refractivity contribution in [1.82, 2.24) is 4.57 Å². The number of hydrogen-bond donors (Lipinski definition) is 1. The minimum Gasteiger partial charge on any atom is -0.480 e. The average Bonchev–Trinajstić information content (AvgIpc) is 2.13. The highest BCUT2D eigenvalue weighted by atomic mass is 28.2. The Morgan fingerprint density at radius 3 is 2.67 bits per heavy atom. The molecule has 1 N–H and O–H groups in total. The molecule has 0 bridgehead atoms. The van der Waals surface area contributed by atoms with Gasteiger partial charge in [-0.2, -0.15) is 0 Å².